The van der Waals surface area contributed by atoms with E-state index in [-0.39, 0.29) is 5.97 Å². The molecule has 0 aliphatic heterocycles. The van der Waals surface area contributed by atoms with Gasteiger partial charge in [-0.15, -0.1) is 0 Å². The maximum absolute atomic E-state index is 11.8. The van der Waals surface area contributed by atoms with Gasteiger partial charge in [0, 0.05) is 12.0 Å². The van der Waals surface area contributed by atoms with E-state index in [1.165, 1.54) is 70.6 Å². The molecule has 1 rings (SSSR count). The smallest absolute Gasteiger partial charge is 0.307 e. The number of rotatable bonds is 16. The molecule has 0 fully saturated rings. The molecule has 1 unspecified atom stereocenters. The predicted octanol–water partition coefficient (Wildman–Crippen LogP) is 7.95. The summed E-state index contributed by atoms with van der Waals surface area (Å²) in [6, 6.07) is 9.45. The van der Waals surface area contributed by atoms with Crippen molar-refractivity contribution >= 4 is 17.6 Å². The molecule has 3 heteroatoms. The van der Waals surface area contributed by atoms with Gasteiger partial charge in [0.1, 0.15) is 0 Å². The molecule has 0 radical (unpaired) electrons. The highest BCUT2D eigenvalue weighted by molar-refractivity contribution is 6.20. The molecule has 0 aliphatic rings. The van der Waals surface area contributed by atoms with Crippen molar-refractivity contribution in [3.63, 3.8) is 0 Å². The number of ether oxygens (including phenoxy) is 1. The van der Waals surface area contributed by atoms with Gasteiger partial charge in [0.15, 0.2) is 0 Å². The van der Waals surface area contributed by atoms with E-state index in [1.54, 1.807) is 0 Å². The van der Waals surface area contributed by atoms with Crippen molar-refractivity contribution in [1.29, 1.82) is 0 Å². The number of hydrogen-bond acceptors (Lipinski definition) is 2. The van der Waals surface area contributed by atoms with Gasteiger partial charge in [0.05, 0.1) is 0 Å². The number of esters is 1. The fourth-order valence-electron chi connectivity index (χ4n) is 3.13. The second-order valence-electron chi connectivity index (χ2n) is 7.21. The SMILES string of the molecule is CCCCCCCCCCCCCCCC(=O)OC(Cl)c1ccccc1. The highest BCUT2D eigenvalue weighted by atomic mass is 35.5. The van der Waals surface area contributed by atoms with Crippen LogP contribution in [0.15, 0.2) is 30.3 Å². The molecule has 0 aromatic heterocycles. The standard InChI is InChI=1S/C23H37ClO2/c1-2-3-4-5-6-7-8-9-10-11-12-13-17-20-22(25)26-23(24)21-18-15-14-16-19-21/h14-16,18-19,23H,2-13,17,20H2,1H3. The van der Waals surface area contributed by atoms with E-state index in [0.717, 1.165) is 18.4 Å². The van der Waals surface area contributed by atoms with Gasteiger partial charge in [-0.2, -0.15) is 0 Å². The van der Waals surface area contributed by atoms with E-state index in [2.05, 4.69) is 6.92 Å². The van der Waals surface area contributed by atoms with Crippen LogP contribution in [0.1, 0.15) is 108 Å². The van der Waals surface area contributed by atoms with Crippen molar-refractivity contribution in [3.05, 3.63) is 35.9 Å². The van der Waals surface area contributed by atoms with Gasteiger partial charge in [-0.3, -0.25) is 4.79 Å². The van der Waals surface area contributed by atoms with Crippen LogP contribution in [-0.2, 0) is 9.53 Å². The zero-order valence-electron chi connectivity index (χ0n) is 16.6. The van der Waals surface area contributed by atoms with E-state index in [1.807, 2.05) is 30.3 Å². The lowest BCUT2D eigenvalue weighted by Gasteiger charge is -2.11. The largest absolute Gasteiger partial charge is 0.441 e. The summed E-state index contributed by atoms with van der Waals surface area (Å²) in [5.41, 5.74) is 0.151. The molecule has 2 nitrogen and oxygen atoms in total. The highest BCUT2D eigenvalue weighted by Gasteiger charge is 2.12. The highest BCUT2D eigenvalue weighted by Crippen LogP contribution is 2.22. The Hall–Kier alpha value is -1.02. The van der Waals surface area contributed by atoms with Gasteiger partial charge >= 0.3 is 5.97 Å². The van der Waals surface area contributed by atoms with E-state index < -0.39 is 5.56 Å². The minimum absolute atomic E-state index is 0.197. The first-order chi connectivity index (χ1) is 12.7. The first kappa shape index (κ1) is 23.0. The second-order valence-corrected chi connectivity index (χ2v) is 7.61. The number of alkyl halides is 1. The molecule has 148 valence electrons. The topological polar surface area (TPSA) is 26.3 Å². The van der Waals surface area contributed by atoms with E-state index in [4.69, 9.17) is 16.3 Å². The van der Waals surface area contributed by atoms with Crippen LogP contribution in [0, 0.1) is 0 Å². The van der Waals surface area contributed by atoms with Crippen molar-refractivity contribution in [2.75, 3.05) is 0 Å². The molecule has 0 aliphatic carbocycles. The molecular weight excluding hydrogens is 344 g/mol. The van der Waals surface area contributed by atoms with Crippen LogP contribution in [-0.4, -0.2) is 5.97 Å². The van der Waals surface area contributed by atoms with Crippen molar-refractivity contribution in [2.45, 2.75) is 102 Å². The van der Waals surface area contributed by atoms with Gasteiger partial charge < -0.3 is 4.74 Å². The van der Waals surface area contributed by atoms with E-state index in [9.17, 15) is 4.79 Å². The number of carbonyl (C=O) groups is 1. The Balaban J connectivity index is 1.87. The molecule has 0 heterocycles. The number of benzene rings is 1. The zero-order valence-corrected chi connectivity index (χ0v) is 17.3. The average Bonchev–Trinajstić information content (AvgIpc) is 2.66. The fraction of sp³-hybridized carbons (Fsp3) is 0.696. The summed E-state index contributed by atoms with van der Waals surface area (Å²) in [5.74, 6) is -0.197. The van der Waals surface area contributed by atoms with Crippen molar-refractivity contribution in [1.82, 2.24) is 0 Å². The monoisotopic (exact) mass is 380 g/mol. The lowest BCUT2D eigenvalue weighted by Crippen LogP contribution is -2.06. The minimum atomic E-state index is -0.675. The van der Waals surface area contributed by atoms with Crippen LogP contribution >= 0.6 is 11.6 Å². The molecule has 1 aromatic carbocycles. The lowest BCUT2D eigenvalue weighted by atomic mass is 10.0. The third-order valence-corrected chi connectivity index (χ3v) is 5.12. The Kier molecular flexibility index (Phi) is 14.3. The van der Waals surface area contributed by atoms with Crippen molar-refractivity contribution in [2.24, 2.45) is 0 Å². The Bertz CT molecular complexity index is 447. The molecular formula is C23H37ClO2. The molecule has 26 heavy (non-hydrogen) atoms. The predicted molar refractivity (Wildman–Crippen MR) is 111 cm³/mol. The van der Waals surface area contributed by atoms with Gasteiger partial charge in [-0.25, -0.2) is 0 Å². The fourth-order valence-corrected chi connectivity index (χ4v) is 3.38. The summed E-state index contributed by atoms with van der Waals surface area (Å²) in [6.07, 6.45) is 17.4. The summed E-state index contributed by atoms with van der Waals surface area (Å²) in [4.78, 5) is 11.8. The summed E-state index contributed by atoms with van der Waals surface area (Å²) < 4.78 is 5.27. The molecule has 0 bridgehead atoms. The molecule has 0 saturated heterocycles. The summed E-state index contributed by atoms with van der Waals surface area (Å²) in [7, 11) is 0. The Labute approximate surface area is 165 Å². The maximum Gasteiger partial charge on any atom is 0.307 e. The number of unbranched alkanes of at least 4 members (excludes halogenated alkanes) is 12. The molecule has 0 amide bonds. The summed E-state index contributed by atoms with van der Waals surface area (Å²) in [6.45, 7) is 2.27. The number of hydrogen-bond donors (Lipinski definition) is 0. The number of carbonyl (C=O) groups excluding carboxylic acids is 1. The quantitative estimate of drug-likeness (QED) is 0.165. The average molecular weight is 381 g/mol. The minimum Gasteiger partial charge on any atom is -0.441 e. The normalized spacial score (nSPS) is 12.1. The van der Waals surface area contributed by atoms with Crippen LogP contribution in [0.3, 0.4) is 0 Å². The third-order valence-electron chi connectivity index (χ3n) is 4.78. The first-order valence-corrected chi connectivity index (χ1v) is 11.1. The van der Waals surface area contributed by atoms with Crippen LogP contribution in [0.2, 0.25) is 0 Å². The van der Waals surface area contributed by atoms with Crippen LogP contribution < -0.4 is 0 Å². The maximum atomic E-state index is 11.8. The van der Waals surface area contributed by atoms with Gasteiger partial charge in [0.25, 0.3) is 0 Å². The summed E-state index contributed by atoms with van der Waals surface area (Å²) >= 11 is 6.12. The second kappa shape index (κ2) is 16.2. The Morgan fingerprint density at radius 2 is 1.27 bits per heavy atom. The molecule has 1 atom stereocenters. The third kappa shape index (κ3) is 12.4. The van der Waals surface area contributed by atoms with Crippen molar-refractivity contribution < 1.29 is 9.53 Å². The molecule has 0 N–H and O–H groups in total. The van der Waals surface area contributed by atoms with Gasteiger partial charge in [-0.05, 0) is 6.42 Å². The van der Waals surface area contributed by atoms with Crippen LogP contribution in [0.25, 0.3) is 0 Å². The van der Waals surface area contributed by atoms with Gasteiger partial charge in [0.2, 0.25) is 5.56 Å². The van der Waals surface area contributed by atoms with Crippen LogP contribution in [0.5, 0.6) is 0 Å². The van der Waals surface area contributed by atoms with E-state index in [0.29, 0.717) is 6.42 Å². The van der Waals surface area contributed by atoms with Crippen LogP contribution in [0.4, 0.5) is 0 Å². The molecule has 1 aromatic rings. The lowest BCUT2D eigenvalue weighted by molar-refractivity contribution is -0.145. The Morgan fingerprint density at radius 3 is 1.77 bits per heavy atom. The number of halogens is 1. The molecule has 0 saturated carbocycles. The first-order valence-electron chi connectivity index (χ1n) is 10.6. The Morgan fingerprint density at radius 1 is 0.808 bits per heavy atom. The zero-order chi connectivity index (χ0) is 18.9. The summed E-state index contributed by atoms with van der Waals surface area (Å²) in [5, 5.41) is 0. The molecule has 0 spiro atoms. The van der Waals surface area contributed by atoms with Gasteiger partial charge in [-0.1, -0.05) is 126 Å². The van der Waals surface area contributed by atoms with Crippen molar-refractivity contribution in [3.8, 4) is 0 Å². The van der Waals surface area contributed by atoms with E-state index >= 15 is 0 Å².